The third kappa shape index (κ3) is 4.90. The Bertz CT molecular complexity index is 1470. The lowest BCUT2D eigenvalue weighted by atomic mass is 9.66. The summed E-state index contributed by atoms with van der Waals surface area (Å²) >= 11 is 0. The summed E-state index contributed by atoms with van der Waals surface area (Å²) in [6, 6.07) is 4.91. The van der Waals surface area contributed by atoms with E-state index >= 15 is 0 Å². The maximum atomic E-state index is 14.5. The van der Waals surface area contributed by atoms with Crippen molar-refractivity contribution >= 4 is 11.5 Å². The highest BCUT2D eigenvalue weighted by atomic mass is 19.3. The van der Waals surface area contributed by atoms with E-state index in [1.807, 2.05) is 19.3 Å². The first-order chi connectivity index (χ1) is 21.0. The minimum Gasteiger partial charge on any atom is -0.324 e. The highest BCUT2D eigenvalue weighted by molar-refractivity contribution is 5.76. The molecule has 3 fully saturated rings. The number of halogens is 2. The molecule has 4 aliphatic heterocycles. The van der Waals surface area contributed by atoms with Crippen LogP contribution in [0.5, 0.6) is 0 Å². The van der Waals surface area contributed by atoms with Gasteiger partial charge >= 0.3 is 0 Å². The van der Waals surface area contributed by atoms with Gasteiger partial charge in [-0.15, -0.1) is 0 Å². The van der Waals surface area contributed by atoms with E-state index in [0.29, 0.717) is 17.0 Å². The van der Waals surface area contributed by atoms with Crippen molar-refractivity contribution < 1.29 is 8.78 Å². The molecule has 0 bridgehead atoms. The van der Waals surface area contributed by atoms with Crippen LogP contribution in [-0.4, -0.2) is 69.8 Å². The quantitative estimate of drug-likeness (QED) is 0.430. The molecule has 1 aromatic carbocycles. The maximum Gasteiger partial charge on any atom is 0.264 e. The molecule has 2 aromatic heterocycles. The van der Waals surface area contributed by atoms with Crippen LogP contribution in [0.25, 0.3) is 11.1 Å². The molecule has 3 aromatic rings. The van der Waals surface area contributed by atoms with Crippen molar-refractivity contribution in [2.45, 2.75) is 82.8 Å². The van der Waals surface area contributed by atoms with E-state index in [0.717, 1.165) is 80.7 Å². The predicted octanol–water partition coefficient (Wildman–Crippen LogP) is 5.12. The van der Waals surface area contributed by atoms with Crippen molar-refractivity contribution in [2.24, 2.45) is 12.5 Å². The second-order valence-electron chi connectivity index (χ2n) is 13.8. The molecule has 8 nitrogen and oxygen atoms in total. The predicted molar refractivity (Wildman–Crippen MR) is 164 cm³/mol. The van der Waals surface area contributed by atoms with Crippen LogP contribution in [0.1, 0.15) is 79.8 Å². The molecular weight excluding hydrogens is 546 g/mol. The number of aryl methyl sites for hydroxylation is 2. The average molecular weight is 591 g/mol. The summed E-state index contributed by atoms with van der Waals surface area (Å²) in [5.41, 5.74) is 6.52. The number of piperidine rings is 1. The van der Waals surface area contributed by atoms with Gasteiger partial charge in [0, 0.05) is 86.5 Å². The van der Waals surface area contributed by atoms with Gasteiger partial charge in [0.15, 0.2) is 5.82 Å². The van der Waals surface area contributed by atoms with E-state index in [2.05, 4.69) is 30.2 Å². The molecule has 10 heteroatoms. The molecule has 5 aliphatic rings. The topological polar surface area (TPSA) is 66.2 Å². The number of likely N-dealkylation sites (tertiary alicyclic amines) is 1. The molecule has 230 valence electrons. The molecule has 6 heterocycles. The summed E-state index contributed by atoms with van der Waals surface area (Å²) in [5.74, 6) is 0.971. The van der Waals surface area contributed by atoms with Crippen LogP contribution in [0.15, 0.2) is 24.5 Å². The van der Waals surface area contributed by atoms with Crippen LogP contribution in [0.4, 0.5) is 20.3 Å². The number of nitrogens with zero attached hydrogens (tertiary/aromatic N) is 6. The summed E-state index contributed by atoms with van der Waals surface area (Å²) in [6.07, 6.45) is 11.3. The molecule has 2 N–H and O–H groups in total. The van der Waals surface area contributed by atoms with Crippen molar-refractivity contribution in [3.63, 3.8) is 0 Å². The number of benzene rings is 1. The molecule has 1 spiro atoms. The highest BCUT2D eigenvalue weighted by Crippen LogP contribution is 2.49. The van der Waals surface area contributed by atoms with E-state index < -0.39 is 6.43 Å². The van der Waals surface area contributed by atoms with Gasteiger partial charge in [-0.25, -0.2) is 8.78 Å². The van der Waals surface area contributed by atoms with Crippen LogP contribution in [-0.2, 0) is 26.4 Å². The van der Waals surface area contributed by atoms with E-state index in [1.165, 1.54) is 62.9 Å². The smallest absolute Gasteiger partial charge is 0.264 e. The van der Waals surface area contributed by atoms with Crippen LogP contribution in [0.3, 0.4) is 0 Å². The first-order valence-corrected chi connectivity index (χ1v) is 16.5. The van der Waals surface area contributed by atoms with Crippen molar-refractivity contribution in [1.29, 1.82) is 0 Å². The van der Waals surface area contributed by atoms with Crippen LogP contribution in [0, 0.1) is 5.41 Å². The first-order valence-electron chi connectivity index (χ1n) is 16.5. The van der Waals surface area contributed by atoms with E-state index in [4.69, 9.17) is 5.10 Å². The summed E-state index contributed by atoms with van der Waals surface area (Å²) in [5, 5.41) is 16.7. The van der Waals surface area contributed by atoms with Gasteiger partial charge in [0.2, 0.25) is 0 Å². The Morgan fingerprint density at radius 2 is 1.79 bits per heavy atom. The third-order valence-corrected chi connectivity index (χ3v) is 11.1. The number of anilines is 2. The van der Waals surface area contributed by atoms with Gasteiger partial charge < -0.3 is 15.5 Å². The van der Waals surface area contributed by atoms with Gasteiger partial charge in [-0.3, -0.25) is 14.3 Å². The van der Waals surface area contributed by atoms with E-state index in [-0.39, 0.29) is 5.56 Å². The Kier molecular flexibility index (Phi) is 7.06. The molecule has 0 amide bonds. The lowest BCUT2D eigenvalue weighted by Crippen LogP contribution is -2.62. The number of nitrogens with one attached hydrogen (secondary N) is 2. The minimum absolute atomic E-state index is 0.0710. The largest absolute Gasteiger partial charge is 0.324 e. The molecule has 0 atom stereocenters. The van der Waals surface area contributed by atoms with E-state index in [9.17, 15) is 8.78 Å². The summed E-state index contributed by atoms with van der Waals surface area (Å²) in [7, 11) is 1.82. The number of alkyl halides is 2. The van der Waals surface area contributed by atoms with Gasteiger partial charge in [-0.1, -0.05) is 0 Å². The fourth-order valence-electron chi connectivity index (χ4n) is 8.76. The Balaban J connectivity index is 1.07. The Morgan fingerprint density at radius 1 is 0.977 bits per heavy atom. The summed E-state index contributed by atoms with van der Waals surface area (Å²) in [4.78, 5) is 5.00. The number of fused-ring (bicyclic) bond motifs is 2. The minimum atomic E-state index is -2.57. The van der Waals surface area contributed by atoms with Gasteiger partial charge in [0.25, 0.3) is 6.43 Å². The fraction of sp³-hybridized carbons (Fsp3) is 0.636. The van der Waals surface area contributed by atoms with Crippen LogP contribution in [0.2, 0.25) is 0 Å². The monoisotopic (exact) mass is 590 g/mol. The zero-order valence-corrected chi connectivity index (χ0v) is 25.3. The van der Waals surface area contributed by atoms with Crippen molar-refractivity contribution in [3.05, 3.63) is 46.9 Å². The van der Waals surface area contributed by atoms with Gasteiger partial charge in [0.05, 0.1) is 12.2 Å². The van der Waals surface area contributed by atoms with Crippen LogP contribution < -0.4 is 15.5 Å². The molecule has 8 rings (SSSR count). The zero-order chi connectivity index (χ0) is 29.1. The average Bonchev–Trinajstić information content (AvgIpc) is 3.63. The molecule has 1 aliphatic carbocycles. The molecule has 2 saturated heterocycles. The van der Waals surface area contributed by atoms with Crippen LogP contribution >= 0.6 is 0 Å². The lowest BCUT2D eigenvalue weighted by molar-refractivity contribution is -0.0682. The zero-order valence-electron chi connectivity index (χ0n) is 25.3. The number of hydrogen-bond acceptors (Lipinski definition) is 6. The van der Waals surface area contributed by atoms with E-state index in [1.54, 1.807) is 16.9 Å². The Hall–Kier alpha value is -2.82. The fourth-order valence-corrected chi connectivity index (χ4v) is 8.76. The summed E-state index contributed by atoms with van der Waals surface area (Å²) in [6.45, 7) is 7.41. The number of aromatic nitrogens is 4. The maximum absolute atomic E-state index is 14.5. The molecular formula is C33H44F2N8. The summed E-state index contributed by atoms with van der Waals surface area (Å²) < 4.78 is 33.0. The SMILES string of the molecule is Cn1cc(-c2cc3c(cc2C(F)F)N(c2nn(C4CCC5(CC4)CN(C4CCNCC4)C5)c4c2CNCC4)CCC3)cn1. The molecule has 43 heavy (non-hydrogen) atoms. The lowest BCUT2D eigenvalue weighted by Gasteiger charge is -2.56. The van der Waals surface area contributed by atoms with Crippen molar-refractivity contribution in [2.75, 3.05) is 44.2 Å². The van der Waals surface area contributed by atoms with Gasteiger partial charge in [0.1, 0.15) is 0 Å². The highest BCUT2D eigenvalue weighted by Gasteiger charge is 2.47. The molecule has 1 saturated carbocycles. The molecule has 0 radical (unpaired) electrons. The van der Waals surface area contributed by atoms with Crippen molar-refractivity contribution in [1.82, 2.24) is 35.1 Å². The van der Waals surface area contributed by atoms with Crippen molar-refractivity contribution in [3.8, 4) is 11.1 Å². The van der Waals surface area contributed by atoms with Gasteiger partial charge in [-0.05, 0) is 93.1 Å². The third-order valence-electron chi connectivity index (χ3n) is 11.1. The normalized spacial score (nSPS) is 23.0. The number of hydrogen-bond donors (Lipinski definition) is 2. The second kappa shape index (κ2) is 11.0. The Labute approximate surface area is 252 Å². The molecule has 0 unspecified atom stereocenters. The number of rotatable bonds is 5. The first kappa shape index (κ1) is 27.7. The Morgan fingerprint density at radius 3 is 2.53 bits per heavy atom. The second-order valence-corrected chi connectivity index (χ2v) is 13.8. The van der Waals surface area contributed by atoms with Gasteiger partial charge in [-0.2, -0.15) is 10.2 Å². The standard InChI is InChI=1S/C33H44F2N8/c1-40-19-23(17-38-40)26-15-22-3-2-14-42(30(22)16-27(26)31(34)35)32-28-18-37-13-8-29(28)43(39-32)25-4-9-33(10-5-25)20-41(21-33)24-6-11-36-12-7-24/h15-17,19,24-25,31,36-37H,2-14,18,20-21H2,1H3.